The lowest BCUT2D eigenvalue weighted by atomic mass is 10.2. The zero-order valence-electron chi connectivity index (χ0n) is 12.2. The van der Waals surface area contributed by atoms with Crippen LogP contribution in [0.15, 0.2) is 47.1 Å². The predicted octanol–water partition coefficient (Wildman–Crippen LogP) is 4.94. The Kier molecular flexibility index (Phi) is 6.01. The van der Waals surface area contributed by atoms with Crippen LogP contribution in [0.25, 0.3) is 6.08 Å². The molecule has 2 aromatic carbocycles. The van der Waals surface area contributed by atoms with Crippen LogP contribution in [0.3, 0.4) is 0 Å². The molecule has 2 aromatic rings. The lowest BCUT2D eigenvalue weighted by Gasteiger charge is -2.14. The first-order chi connectivity index (χ1) is 11.0. The van der Waals surface area contributed by atoms with Crippen LogP contribution in [0.2, 0.25) is 5.02 Å². The molecule has 7 heteroatoms. The number of rotatable bonds is 6. The first kappa shape index (κ1) is 17.3. The van der Waals surface area contributed by atoms with Gasteiger partial charge in [-0.1, -0.05) is 29.8 Å². The minimum atomic E-state index is -0.526. The highest BCUT2D eigenvalue weighted by molar-refractivity contribution is 9.10. The van der Waals surface area contributed by atoms with Crippen molar-refractivity contribution in [3.05, 3.63) is 73.3 Å². The van der Waals surface area contributed by atoms with E-state index in [2.05, 4.69) is 15.9 Å². The fourth-order valence-corrected chi connectivity index (χ4v) is 2.65. The number of hydrogen-bond donors (Lipinski definition) is 0. The van der Waals surface area contributed by atoms with Gasteiger partial charge in [0.05, 0.1) is 16.5 Å². The van der Waals surface area contributed by atoms with Gasteiger partial charge in [-0.05, 0) is 39.7 Å². The van der Waals surface area contributed by atoms with Crippen LogP contribution in [0.5, 0.6) is 11.5 Å². The molecular weight excluding hydrogens is 386 g/mol. The summed E-state index contributed by atoms with van der Waals surface area (Å²) in [4.78, 5) is 9.88. The molecule has 2 rings (SSSR count). The van der Waals surface area contributed by atoms with E-state index in [1.54, 1.807) is 18.2 Å². The molecule has 5 nitrogen and oxygen atoms in total. The van der Waals surface area contributed by atoms with E-state index >= 15 is 0 Å². The van der Waals surface area contributed by atoms with Crippen molar-refractivity contribution in [1.29, 1.82) is 0 Å². The van der Waals surface area contributed by atoms with Gasteiger partial charge >= 0.3 is 0 Å². The molecule has 120 valence electrons. The third-order valence-electron chi connectivity index (χ3n) is 2.97. The highest BCUT2D eigenvalue weighted by atomic mass is 79.9. The van der Waals surface area contributed by atoms with Crippen molar-refractivity contribution in [2.75, 3.05) is 7.11 Å². The maximum atomic E-state index is 10.4. The van der Waals surface area contributed by atoms with Crippen molar-refractivity contribution >= 4 is 33.6 Å². The number of methoxy groups -OCH3 is 1. The van der Waals surface area contributed by atoms with Crippen molar-refractivity contribution in [2.24, 2.45) is 0 Å². The summed E-state index contributed by atoms with van der Waals surface area (Å²) < 4.78 is 11.7. The van der Waals surface area contributed by atoms with Gasteiger partial charge in [-0.15, -0.1) is 0 Å². The third kappa shape index (κ3) is 4.71. The molecule has 0 heterocycles. The van der Waals surface area contributed by atoms with E-state index < -0.39 is 4.92 Å². The topological polar surface area (TPSA) is 61.6 Å². The second-order valence-electron chi connectivity index (χ2n) is 4.52. The van der Waals surface area contributed by atoms with Crippen LogP contribution >= 0.6 is 27.5 Å². The van der Waals surface area contributed by atoms with Gasteiger partial charge in [-0.25, -0.2) is 0 Å². The largest absolute Gasteiger partial charge is 0.493 e. The predicted molar refractivity (Wildman–Crippen MR) is 92.5 cm³/mol. The summed E-state index contributed by atoms with van der Waals surface area (Å²) >= 11 is 9.50. The number of hydrogen-bond acceptors (Lipinski definition) is 4. The number of ether oxygens (including phenoxy) is 2. The molecule has 0 aromatic heterocycles. The van der Waals surface area contributed by atoms with Crippen LogP contribution < -0.4 is 9.47 Å². The van der Waals surface area contributed by atoms with Gasteiger partial charge < -0.3 is 9.47 Å². The Morgan fingerprint density at radius 2 is 2.09 bits per heavy atom. The van der Waals surface area contributed by atoms with E-state index in [1.807, 2.05) is 18.2 Å². The number of nitrogens with zero attached hydrogens (tertiary/aromatic N) is 1. The molecule has 23 heavy (non-hydrogen) atoms. The van der Waals surface area contributed by atoms with E-state index in [-0.39, 0.29) is 6.61 Å². The molecule has 0 amide bonds. The average molecular weight is 399 g/mol. The van der Waals surface area contributed by atoms with Crippen LogP contribution in [0.4, 0.5) is 0 Å². The molecule has 0 N–H and O–H groups in total. The minimum Gasteiger partial charge on any atom is -0.493 e. The Morgan fingerprint density at radius 3 is 2.74 bits per heavy atom. The maximum Gasteiger partial charge on any atom is 0.235 e. The highest BCUT2D eigenvalue weighted by Crippen LogP contribution is 2.37. The van der Waals surface area contributed by atoms with E-state index in [0.717, 1.165) is 11.8 Å². The highest BCUT2D eigenvalue weighted by Gasteiger charge is 2.12. The Morgan fingerprint density at radius 1 is 1.35 bits per heavy atom. The van der Waals surface area contributed by atoms with Gasteiger partial charge in [-0.2, -0.15) is 0 Å². The molecule has 0 aliphatic heterocycles. The van der Waals surface area contributed by atoms with Crippen molar-refractivity contribution < 1.29 is 14.4 Å². The molecule has 0 radical (unpaired) electrons. The van der Waals surface area contributed by atoms with Gasteiger partial charge in [0.15, 0.2) is 11.5 Å². The van der Waals surface area contributed by atoms with Gasteiger partial charge in [0.1, 0.15) is 6.61 Å². The summed E-state index contributed by atoms with van der Waals surface area (Å²) in [5.41, 5.74) is 1.47. The number of nitro groups is 1. The zero-order valence-corrected chi connectivity index (χ0v) is 14.5. The summed E-state index contributed by atoms with van der Waals surface area (Å²) in [6, 6.07) is 10.8. The van der Waals surface area contributed by atoms with Gasteiger partial charge in [0, 0.05) is 16.7 Å². The molecule has 0 spiro atoms. The van der Waals surface area contributed by atoms with Crippen molar-refractivity contribution in [2.45, 2.75) is 6.61 Å². The quantitative estimate of drug-likeness (QED) is 0.511. The molecule has 0 unspecified atom stereocenters. The Labute approximate surface area is 146 Å². The molecule has 0 bridgehead atoms. The Balaban J connectivity index is 2.24. The monoisotopic (exact) mass is 397 g/mol. The fraction of sp³-hybridized carbons (Fsp3) is 0.125. The SMILES string of the molecule is COc1cc(C=C[N+](=O)[O-])cc(Br)c1OCc1ccccc1Cl. The second-order valence-corrected chi connectivity index (χ2v) is 5.78. The lowest BCUT2D eigenvalue weighted by Crippen LogP contribution is -1.99. The standard InChI is InChI=1S/C16H13BrClNO4/c1-22-15-9-11(6-7-19(20)21)8-13(17)16(15)23-10-12-4-2-3-5-14(12)18/h2-9H,10H2,1H3. The van der Waals surface area contributed by atoms with Crippen molar-refractivity contribution in [1.82, 2.24) is 0 Å². The first-order valence-electron chi connectivity index (χ1n) is 6.56. The zero-order chi connectivity index (χ0) is 16.8. The second kappa shape index (κ2) is 7.99. The molecule has 0 atom stereocenters. The molecule has 0 saturated carbocycles. The van der Waals surface area contributed by atoms with Crippen molar-refractivity contribution in [3.63, 3.8) is 0 Å². The molecular formula is C16H13BrClNO4. The summed E-state index contributed by atoms with van der Waals surface area (Å²) in [5.74, 6) is 0.972. The summed E-state index contributed by atoms with van der Waals surface area (Å²) in [5, 5.41) is 11.0. The van der Waals surface area contributed by atoms with E-state index in [0.29, 0.717) is 26.6 Å². The van der Waals surface area contributed by atoms with Crippen LogP contribution in [-0.4, -0.2) is 12.0 Å². The summed E-state index contributed by atoms with van der Waals surface area (Å²) in [6.45, 7) is 0.277. The van der Waals surface area contributed by atoms with E-state index in [9.17, 15) is 10.1 Å². The van der Waals surface area contributed by atoms with E-state index in [4.69, 9.17) is 21.1 Å². The minimum absolute atomic E-state index is 0.277. The Bertz CT molecular complexity index is 749. The van der Waals surface area contributed by atoms with Gasteiger partial charge in [0.25, 0.3) is 0 Å². The fourth-order valence-electron chi connectivity index (χ4n) is 1.89. The summed E-state index contributed by atoms with van der Waals surface area (Å²) in [6.07, 6.45) is 2.25. The van der Waals surface area contributed by atoms with Crippen LogP contribution in [0, 0.1) is 10.1 Å². The third-order valence-corrected chi connectivity index (χ3v) is 3.93. The van der Waals surface area contributed by atoms with Crippen LogP contribution in [0.1, 0.15) is 11.1 Å². The van der Waals surface area contributed by atoms with Gasteiger partial charge in [0.2, 0.25) is 6.20 Å². The lowest BCUT2D eigenvalue weighted by molar-refractivity contribution is -0.400. The smallest absolute Gasteiger partial charge is 0.235 e. The number of benzene rings is 2. The van der Waals surface area contributed by atoms with Gasteiger partial charge in [-0.3, -0.25) is 10.1 Å². The van der Waals surface area contributed by atoms with Crippen molar-refractivity contribution in [3.8, 4) is 11.5 Å². The van der Waals surface area contributed by atoms with Crippen LogP contribution in [-0.2, 0) is 6.61 Å². The Hall–Kier alpha value is -2.05. The average Bonchev–Trinajstić information content (AvgIpc) is 2.52. The molecule has 0 saturated heterocycles. The summed E-state index contributed by atoms with van der Waals surface area (Å²) in [7, 11) is 1.51. The van der Waals surface area contributed by atoms with E-state index in [1.165, 1.54) is 13.2 Å². The normalized spacial score (nSPS) is 10.7. The maximum absolute atomic E-state index is 10.4. The molecule has 0 aliphatic carbocycles. The molecule has 0 aliphatic rings. The first-order valence-corrected chi connectivity index (χ1v) is 7.74. The number of halogens is 2. The molecule has 0 fully saturated rings.